The molecule has 1 heterocycles. The maximum atomic E-state index is 10.7. The van der Waals surface area contributed by atoms with Crippen molar-refractivity contribution in [3.63, 3.8) is 0 Å². The van der Waals surface area contributed by atoms with E-state index in [0.29, 0.717) is 19.0 Å². The molecule has 1 aromatic heterocycles. The lowest BCUT2D eigenvalue weighted by Gasteiger charge is -2.10. The summed E-state index contributed by atoms with van der Waals surface area (Å²) >= 11 is 0. The molecule has 5 heteroatoms. The van der Waals surface area contributed by atoms with Gasteiger partial charge in [-0.3, -0.25) is 4.79 Å². The Bertz CT molecular complexity index is 390. The van der Waals surface area contributed by atoms with Crippen LogP contribution < -0.4 is 10.6 Å². The topological polar surface area (TPSA) is 66.9 Å². The second-order valence-electron chi connectivity index (χ2n) is 4.29. The SMILES string of the molecule is CC(=O)NCCNc1cc(C(C)C)nc(C)n1. The Kier molecular flexibility index (Phi) is 4.87. The Morgan fingerprint density at radius 3 is 2.65 bits per heavy atom. The lowest BCUT2D eigenvalue weighted by Crippen LogP contribution is -2.26. The first-order valence-corrected chi connectivity index (χ1v) is 5.83. The van der Waals surface area contributed by atoms with Crippen molar-refractivity contribution in [2.75, 3.05) is 18.4 Å². The Morgan fingerprint density at radius 2 is 2.06 bits per heavy atom. The highest BCUT2D eigenvalue weighted by molar-refractivity contribution is 5.72. The van der Waals surface area contributed by atoms with Crippen LogP contribution in [0.25, 0.3) is 0 Å². The van der Waals surface area contributed by atoms with Gasteiger partial charge in [0.05, 0.1) is 0 Å². The molecule has 1 rings (SSSR count). The van der Waals surface area contributed by atoms with E-state index in [1.807, 2.05) is 13.0 Å². The van der Waals surface area contributed by atoms with E-state index in [9.17, 15) is 4.79 Å². The van der Waals surface area contributed by atoms with Gasteiger partial charge in [-0.05, 0) is 12.8 Å². The van der Waals surface area contributed by atoms with Crippen molar-refractivity contribution in [3.8, 4) is 0 Å². The van der Waals surface area contributed by atoms with Gasteiger partial charge in [0.25, 0.3) is 0 Å². The number of nitrogens with one attached hydrogen (secondary N) is 2. The van der Waals surface area contributed by atoms with Crippen molar-refractivity contribution in [1.82, 2.24) is 15.3 Å². The first kappa shape index (κ1) is 13.4. The number of rotatable bonds is 5. The van der Waals surface area contributed by atoms with Gasteiger partial charge in [0.15, 0.2) is 0 Å². The minimum Gasteiger partial charge on any atom is -0.368 e. The summed E-state index contributed by atoms with van der Waals surface area (Å²) in [5, 5.41) is 5.89. The van der Waals surface area contributed by atoms with Gasteiger partial charge in [-0.2, -0.15) is 0 Å². The second kappa shape index (κ2) is 6.18. The molecular formula is C12H20N4O. The zero-order valence-corrected chi connectivity index (χ0v) is 10.9. The Balaban J connectivity index is 2.55. The fourth-order valence-electron chi connectivity index (χ4n) is 1.41. The average Bonchev–Trinajstić information content (AvgIpc) is 2.23. The molecule has 0 fully saturated rings. The molecule has 0 aromatic carbocycles. The van der Waals surface area contributed by atoms with Crippen LogP contribution in [-0.4, -0.2) is 29.0 Å². The zero-order valence-electron chi connectivity index (χ0n) is 10.9. The van der Waals surface area contributed by atoms with Gasteiger partial charge in [-0.25, -0.2) is 9.97 Å². The van der Waals surface area contributed by atoms with E-state index in [0.717, 1.165) is 17.3 Å². The molecule has 0 unspecified atom stereocenters. The largest absolute Gasteiger partial charge is 0.368 e. The highest BCUT2D eigenvalue weighted by Crippen LogP contribution is 2.14. The van der Waals surface area contributed by atoms with Gasteiger partial charge in [0, 0.05) is 31.8 Å². The molecule has 94 valence electrons. The second-order valence-corrected chi connectivity index (χ2v) is 4.29. The highest BCUT2D eigenvalue weighted by Gasteiger charge is 2.05. The van der Waals surface area contributed by atoms with Crippen LogP contribution in [0.2, 0.25) is 0 Å². The summed E-state index contributed by atoms with van der Waals surface area (Å²) in [5.74, 6) is 1.94. The fraction of sp³-hybridized carbons (Fsp3) is 0.583. The molecule has 0 radical (unpaired) electrons. The first-order chi connectivity index (χ1) is 7.99. The van der Waals surface area contributed by atoms with Crippen LogP contribution in [-0.2, 0) is 4.79 Å². The Hall–Kier alpha value is -1.65. The van der Waals surface area contributed by atoms with E-state index >= 15 is 0 Å². The molecule has 1 amide bonds. The number of amides is 1. The molecule has 17 heavy (non-hydrogen) atoms. The van der Waals surface area contributed by atoms with Crippen LogP contribution in [0.5, 0.6) is 0 Å². The average molecular weight is 236 g/mol. The molecular weight excluding hydrogens is 216 g/mol. The minimum atomic E-state index is -0.0199. The minimum absolute atomic E-state index is 0.0199. The van der Waals surface area contributed by atoms with E-state index in [2.05, 4.69) is 34.4 Å². The first-order valence-electron chi connectivity index (χ1n) is 5.83. The van der Waals surface area contributed by atoms with Gasteiger partial charge < -0.3 is 10.6 Å². The number of carbonyl (C=O) groups is 1. The number of aryl methyl sites for hydroxylation is 1. The van der Waals surface area contributed by atoms with Crippen molar-refractivity contribution in [1.29, 1.82) is 0 Å². The smallest absolute Gasteiger partial charge is 0.216 e. The van der Waals surface area contributed by atoms with E-state index < -0.39 is 0 Å². The summed E-state index contributed by atoms with van der Waals surface area (Å²) in [5.41, 5.74) is 1.03. The predicted molar refractivity (Wildman–Crippen MR) is 68.0 cm³/mol. The molecule has 0 saturated carbocycles. The predicted octanol–water partition coefficient (Wildman–Crippen LogP) is 1.46. The van der Waals surface area contributed by atoms with Gasteiger partial charge in [0.1, 0.15) is 11.6 Å². The zero-order chi connectivity index (χ0) is 12.8. The van der Waals surface area contributed by atoms with Gasteiger partial charge in [-0.15, -0.1) is 0 Å². The summed E-state index contributed by atoms with van der Waals surface area (Å²) in [6.45, 7) is 8.84. The summed E-state index contributed by atoms with van der Waals surface area (Å²) in [6.07, 6.45) is 0. The molecule has 0 saturated heterocycles. The fourth-order valence-corrected chi connectivity index (χ4v) is 1.41. The van der Waals surface area contributed by atoms with Crippen LogP contribution in [0.3, 0.4) is 0 Å². The summed E-state index contributed by atoms with van der Waals surface area (Å²) in [4.78, 5) is 19.4. The third-order valence-electron chi connectivity index (χ3n) is 2.25. The number of anilines is 1. The summed E-state index contributed by atoms with van der Waals surface area (Å²) < 4.78 is 0. The molecule has 1 aromatic rings. The van der Waals surface area contributed by atoms with Gasteiger partial charge in [-0.1, -0.05) is 13.8 Å². The molecule has 2 N–H and O–H groups in total. The number of nitrogens with zero attached hydrogens (tertiary/aromatic N) is 2. The van der Waals surface area contributed by atoms with Crippen molar-refractivity contribution in [3.05, 3.63) is 17.6 Å². The highest BCUT2D eigenvalue weighted by atomic mass is 16.1. The van der Waals surface area contributed by atoms with Crippen molar-refractivity contribution in [2.24, 2.45) is 0 Å². The number of hydrogen-bond acceptors (Lipinski definition) is 4. The monoisotopic (exact) mass is 236 g/mol. The van der Waals surface area contributed by atoms with Crippen LogP contribution >= 0.6 is 0 Å². The van der Waals surface area contributed by atoms with E-state index in [1.165, 1.54) is 6.92 Å². The van der Waals surface area contributed by atoms with Gasteiger partial charge >= 0.3 is 0 Å². The molecule has 0 aliphatic carbocycles. The van der Waals surface area contributed by atoms with E-state index in [4.69, 9.17) is 0 Å². The van der Waals surface area contributed by atoms with Gasteiger partial charge in [0.2, 0.25) is 5.91 Å². The third kappa shape index (κ3) is 4.80. The standard InChI is InChI=1S/C12H20N4O/c1-8(2)11-7-12(16-9(3)15-11)14-6-5-13-10(4)17/h7-8H,5-6H2,1-4H3,(H,13,17)(H,14,15,16). The molecule has 0 atom stereocenters. The van der Waals surface area contributed by atoms with E-state index in [1.54, 1.807) is 0 Å². The number of hydrogen-bond donors (Lipinski definition) is 2. The lowest BCUT2D eigenvalue weighted by molar-refractivity contribution is -0.118. The van der Waals surface area contributed by atoms with Crippen LogP contribution in [0, 0.1) is 6.92 Å². The maximum absolute atomic E-state index is 10.7. The van der Waals surface area contributed by atoms with E-state index in [-0.39, 0.29) is 5.91 Å². The maximum Gasteiger partial charge on any atom is 0.216 e. The van der Waals surface area contributed by atoms with Crippen molar-refractivity contribution >= 4 is 11.7 Å². The number of carbonyl (C=O) groups excluding carboxylic acids is 1. The van der Waals surface area contributed by atoms with Crippen LogP contribution in [0.4, 0.5) is 5.82 Å². The van der Waals surface area contributed by atoms with Crippen molar-refractivity contribution < 1.29 is 4.79 Å². The quantitative estimate of drug-likeness (QED) is 0.759. The number of aromatic nitrogens is 2. The molecule has 5 nitrogen and oxygen atoms in total. The molecule has 0 aliphatic heterocycles. The lowest BCUT2D eigenvalue weighted by atomic mass is 10.1. The van der Waals surface area contributed by atoms with Crippen LogP contribution in [0.1, 0.15) is 38.2 Å². The summed E-state index contributed by atoms with van der Waals surface area (Å²) in [6, 6.07) is 1.95. The molecule has 0 aliphatic rings. The molecule has 0 bridgehead atoms. The summed E-state index contributed by atoms with van der Waals surface area (Å²) in [7, 11) is 0. The Morgan fingerprint density at radius 1 is 1.35 bits per heavy atom. The third-order valence-corrected chi connectivity index (χ3v) is 2.25. The molecule has 0 spiro atoms. The van der Waals surface area contributed by atoms with Crippen molar-refractivity contribution in [2.45, 2.75) is 33.6 Å². The Labute approximate surface area is 102 Å². The normalized spacial score (nSPS) is 10.4. The van der Waals surface area contributed by atoms with Crippen LogP contribution in [0.15, 0.2) is 6.07 Å².